The normalized spacial score (nSPS) is 20.0. The molecule has 25 heavy (non-hydrogen) atoms. The van der Waals surface area contributed by atoms with Crippen molar-refractivity contribution in [3.63, 3.8) is 0 Å². The first-order valence-electron chi connectivity index (χ1n) is 8.51. The highest BCUT2D eigenvalue weighted by Gasteiger charge is 2.38. The summed E-state index contributed by atoms with van der Waals surface area (Å²) in [6.07, 6.45) is 10.5. The second-order valence-electron chi connectivity index (χ2n) is 6.49. The smallest absolute Gasteiger partial charge is 0.255 e. The van der Waals surface area contributed by atoms with Gasteiger partial charge in [0.2, 0.25) is 0 Å². The first-order valence-corrected chi connectivity index (χ1v) is 8.51. The molecule has 2 atom stereocenters. The Balaban J connectivity index is 1.82. The molecule has 6 nitrogen and oxygen atoms in total. The van der Waals surface area contributed by atoms with E-state index in [0.717, 1.165) is 24.0 Å². The Morgan fingerprint density at radius 2 is 2.28 bits per heavy atom. The fourth-order valence-electron chi connectivity index (χ4n) is 3.36. The van der Waals surface area contributed by atoms with E-state index in [-0.39, 0.29) is 18.1 Å². The van der Waals surface area contributed by atoms with E-state index in [1.165, 1.54) is 0 Å². The van der Waals surface area contributed by atoms with Crippen molar-refractivity contribution in [1.82, 2.24) is 19.7 Å². The molecular formula is C19H24N4O2. The minimum absolute atomic E-state index is 0.0000699. The van der Waals surface area contributed by atoms with Gasteiger partial charge >= 0.3 is 0 Å². The number of rotatable bonds is 6. The van der Waals surface area contributed by atoms with Crippen LogP contribution < -0.4 is 0 Å². The maximum Gasteiger partial charge on any atom is 0.255 e. The second-order valence-corrected chi connectivity index (χ2v) is 6.49. The van der Waals surface area contributed by atoms with Crippen molar-refractivity contribution >= 4 is 5.91 Å². The Morgan fingerprint density at radius 1 is 1.44 bits per heavy atom. The van der Waals surface area contributed by atoms with Gasteiger partial charge in [0.15, 0.2) is 0 Å². The molecular weight excluding hydrogens is 316 g/mol. The molecule has 0 saturated carbocycles. The monoisotopic (exact) mass is 340 g/mol. The third kappa shape index (κ3) is 3.96. The van der Waals surface area contributed by atoms with E-state index < -0.39 is 0 Å². The number of pyridine rings is 1. The van der Waals surface area contributed by atoms with Crippen molar-refractivity contribution in [3.05, 3.63) is 60.2 Å². The van der Waals surface area contributed by atoms with Crippen LogP contribution in [-0.2, 0) is 18.2 Å². The van der Waals surface area contributed by atoms with Crippen LogP contribution in [0.15, 0.2) is 43.5 Å². The van der Waals surface area contributed by atoms with Gasteiger partial charge in [-0.25, -0.2) is 0 Å². The molecule has 1 aliphatic rings. The number of hydrogen-bond acceptors (Lipinski definition) is 4. The van der Waals surface area contributed by atoms with E-state index in [4.69, 9.17) is 4.74 Å². The molecule has 2 aromatic heterocycles. The molecule has 0 N–H and O–H groups in total. The summed E-state index contributed by atoms with van der Waals surface area (Å²) in [7, 11) is 1.89. The van der Waals surface area contributed by atoms with E-state index >= 15 is 0 Å². The van der Waals surface area contributed by atoms with Crippen LogP contribution in [0.4, 0.5) is 0 Å². The number of likely N-dealkylation sites (tertiary alicyclic amines) is 1. The van der Waals surface area contributed by atoms with Gasteiger partial charge in [0.05, 0.1) is 30.5 Å². The van der Waals surface area contributed by atoms with E-state index in [9.17, 15) is 4.79 Å². The quantitative estimate of drug-likeness (QED) is 0.756. The first kappa shape index (κ1) is 17.4. The van der Waals surface area contributed by atoms with Gasteiger partial charge in [0.25, 0.3) is 5.91 Å². The summed E-state index contributed by atoms with van der Waals surface area (Å²) < 4.78 is 7.71. The number of carbonyl (C=O) groups is 1. The molecule has 2 aromatic rings. The molecule has 0 unspecified atom stereocenters. The van der Waals surface area contributed by atoms with E-state index in [2.05, 4.69) is 16.7 Å². The van der Waals surface area contributed by atoms with Gasteiger partial charge in [-0.1, -0.05) is 6.08 Å². The lowest BCUT2D eigenvalue weighted by Gasteiger charge is -2.28. The summed E-state index contributed by atoms with van der Waals surface area (Å²) in [6, 6.07) is 1.87. The molecule has 1 fully saturated rings. The van der Waals surface area contributed by atoms with Crippen LogP contribution in [0.3, 0.4) is 0 Å². The van der Waals surface area contributed by atoms with Gasteiger partial charge in [-0.15, -0.1) is 6.58 Å². The highest BCUT2D eigenvalue weighted by Crippen LogP contribution is 2.26. The van der Waals surface area contributed by atoms with Crippen LogP contribution in [0.25, 0.3) is 0 Å². The largest absolute Gasteiger partial charge is 0.372 e. The van der Waals surface area contributed by atoms with Crippen molar-refractivity contribution in [2.24, 2.45) is 7.05 Å². The van der Waals surface area contributed by atoms with Crippen molar-refractivity contribution in [2.75, 3.05) is 13.2 Å². The molecule has 0 spiro atoms. The Morgan fingerprint density at radius 3 is 2.96 bits per heavy atom. The summed E-state index contributed by atoms with van der Waals surface area (Å²) in [6.45, 7) is 6.83. The Kier molecular flexibility index (Phi) is 5.28. The van der Waals surface area contributed by atoms with Crippen LogP contribution in [0.1, 0.15) is 27.9 Å². The fourth-order valence-corrected chi connectivity index (χ4v) is 3.36. The maximum atomic E-state index is 13.0. The van der Waals surface area contributed by atoms with Gasteiger partial charge < -0.3 is 9.64 Å². The number of ether oxygens (including phenoxy) is 1. The lowest BCUT2D eigenvalue weighted by molar-refractivity contribution is 0.0379. The predicted molar refractivity (Wildman–Crippen MR) is 95.3 cm³/mol. The number of aromatic nitrogens is 3. The number of carbonyl (C=O) groups excluding carboxylic acids is 1. The van der Waals surface area contributed by atoms with Crippen LogP contribution >= 0.6 is 0 Å². The van der Waals surface area contributed by atoms with Crippen molar-refractivity contribution in [3.8, 4) is 0 Å². The Hall–Kier alpha value is -2.47. The summed E-state index contributed by atoms with van der Waals surface area (Å²) in [4.78, 5) is 19.1. The zero-order valence-corrected chi connectivity index (χ0v) is 14.8. The zero-order valence-electron chi connectivity index (χ0n) is 14.8. The van der Waals surface area contributed by atoms with Gasteiger partial charge in [0.1, 0.15) is 0 Å². The molecule has 1 amide bonds. The fraction of sp³-hybridized carbons (Fsp3) is 0.421. The first-order chi connectivity index (χ1) is 12.1. The molecule has 3 heterocycles. The van der Waals surface area contributed by atoms with Gasteiger partial charge in [-0.05, 0) is 37.0 Å². The highest BCUT2D eigenvalue weighted by atomic mass is 16.5. The van der Waals surface area contributed by atoms with E-state index in [1.54, 1.807) is 23.2 Å². The van der Waals surface area contributed by atoms with Crippen molar-refractivity contribution in [2.45, 2.75) is 31.9 Å². The van der Waals surface area contributed by atoms with Gasteiger partial charge in [-0.3, -0.25) is 14.5 Å². The lowest BCUT2D eigenvalue weighted by Crippen LogP contribution is -2.42. The molecule has 132 valence electrons. The standard InChI is InChI=1S/C19H24N4O2/c1-4-7-25-18-5-6-23(17(18)9-15-11-21-22(3)13-15)19(24)16-8-14(2)10-20-12-16/h4,8,10-13,17-18H,1,5-7,9H2,2-3H3/t17-,18-/m1/s1. The molecule has 0 radical (unpaired) electrons. The number of nitrogens with zero attached hydrogens (tertiary/aromatic N) is 4. The van der Waals surface area contributed by atoms with Gasteiger partial charge in [-0.2, -0.15) is 5.10 Å². The molecule has 6 heteroatoms. The molecule has 1 aliphatic heterocycles. The SMILES string of the molecule is C=CCO[C@@H]1CCN(C(=O)c2cncc(C)c2)[C@@H]1Cc1cnn(C)c1. The summed E-state index contributed by atoms with van der Waals surface area (Å²) in [5, 5.41) is 4.23. The lowest BCUT2D eigenvalue weighted by atomic mass is 10.0. The topological polar surface area (TPSA) is 60.2 Å². The molecule has 3 rings (SSSR count). The number of aryl methyl sites for hydroxylation is 2. The minimum atomic E-state index is -0.0165. The summed E-state index contributed by atoms with van der Waals surface area (Å²) in [5.74, 6) is 0.00907. The van der Waals surface area contributed by atoms with E-state index in [1.807, 2.05) is 37.3 Å². The van der Waals surface area contributed by atoms with Crippen molar-refractivity contribution in [1.29, 1.82) is 0 Å². The average Bonchev–Trinajstić information content (AvgIpc) is 3.19. The number of hydrogen-bond donors (Lipinski definition) is 0. The van der Waals surface area contributed by atoms with Gasteiger partial charge in [0, 0.05) is 32.2 Å². The van der Waals surface area contributed by atoms with Crippen LogP contribution in [-0.4, -0.2) is 50.9 Å². The average molecular weight is 340 g/mol. The zero-order chi connectivity index (χ0) is 17.8. The highest BCUT2D eigenvalue weighted by molar-refractivity contribution is 5.94. The third-order valence-corrected chi connectivity index (χ3v) is 4.50. The third-order valence-electron chi connectivity index (χ3n) is 4.50. The van der Waals surface area contributed by atoms with Crippen LogP contribution in [0.5, 0.6) is 0 Å². The summed E-state index contributed by atoms with van der Waals surface area (Å²) in [5.41, 5.74) is 2.70. The molecule has 0 aliphatic carbocycles. The second kappa shape index (κ2) is 7.61. The molecule has 1 saturated heterocycles. The molecule has 0 bridgehead atoms. The summed E-state index contributed by atoms with van der Waals surface area (Å²) >= 11 is 0. The maximum absolute atomic E-state index is 13.0. The molecule has 0 aromatic carbocycles. The van der Waals surface area contributed by atoms with Crippen LogP contribution in [0, 0.1) is 6.92 Å². The number of amides is 1. The van der Waals surface area contributed by atoms with E-state index in [0.29, 0.717) is 18.7 Å². The Labute approximate surface area is 148 Å². The Bertz CT molecular complexity index is 755. The predicted octanol–water partition coefficient (Wildman–Crippen LogP) is 2.15. The minimum Gasteiger partial charge on any atom is -0.372 e. The van der Waals surface area contributed by atoms with Crippen molar-refractivity contribution < 1.29 is 9.53 Å². The van der Waals surface area contributed by atoms with Crippen LogP contribution in [0.2, 0.25) is 0 Å².